The van der Waals surface area contributed by atoms with Crippen LogP contribution in [0.25, 0.3) is 0 Å². The Morgan fingerprint density at radius 2 is 2.57 bits per heavy atom. The molecule has 0 aromatic carbocycles. The lowest BCUT2D eigenvalue weighted by molar-refractivity contribution is -0.122. The number of hydrogen-bond acceptors (Lipinski definition) is 4. The zero-order chi connectivity index (χ0) is 9.97. The molecule has 1 aliphatic heterocycles. The topological polar surface area (TPSA) is 85.8 Å². The third kappa shape index (κ3) is 1.84. The fourth-order valence-corrected chi connectivity index (χ4v) is 1.63. The molecular weight excluding hydrogens is 182 g/mol. The first-order valence-electron chi connectivity index (χ1n) is 4.69. The number of aryl methyl sites for hydroxylation is 1. The van der Waals surface area contributed by atoms with E-state index >= 15 is 0 Å². The second kappa shape index (κ2) is 3.65. The summed E-state index contributed by atoms with van der Waals surface area (Å²) in [5.41, 5.74) is 5.42. The first-order chi connectivity index (χ1) is 6.75. The molecule has 1 saturated heterocycles. The number of carbonyl (C=O) groups is 1. The van der Waals surface area contributed by atoms with Crippen molar-refractivity contribution in [3.05, 3.63) is 6.20 Å². The molecule has 14 heavy (non-hydrogen) atoms. The van der Waals surface area contributed by atoms with Crippen molar-refractivity contribution in [1.29, 1.82) is 0 Å². The molecule has 0 radical (unpaired) electrons. The van der Waals surface area contributed by atoms with Crippen LogP contribution in [0.5, 0.6) is 0 Å². The van der Waals surface area contributed by atoms with Gasteiger partial charge in [0.15, 0.2) is 5.82 Å². The van der Waals surface area contributed by atoms with Crippen molar-refractivity contribution in [3.63, 3.8) is 0 Å². The van der Waals surface area contributed by atoms with Crippen molar-refractivity contribution in [1.82, 2.24) is 20.3 Å². The van der Waals surface area contributed by atoms with Crippen molar-refractivity contribution < 1.29 is 4.79 Å². The Hall–Kier alpha value is -1.59. The molecule has 1 amide bonds. The minimum absolute atomic E-state index is 0.125. The van der Waals surface area contributed by atoms with Crippen LogP contribution in [0.15, 0.2) is 6.20 Å². The molecule has 0 saturated carbocycles. The van der Waals surface area contributed by atoms with Crippen LogP contribution in [0, 0.1) is 5.92 Å². The Labute approximate surface area is 81.5 Å². The van der Waals surface area contributed by atoms with E-state index in [0.717, 1.165) is 19.4 Å². The fourth-order valence-electron chi connectivity index (χ4n) is 1.63. The number of nitrogens with two attached hydrogens (primary N) is 1. The van der Waals surface area contributed by atoms with Crippen LogP contribution in [-0.4, -0.2) is 27.4 Å². The maximum absolute atomic E-state index is 11.2. The number of amides is 1. The van der Waals surface area contributed by atoms with E-state index in [9.17, 15) is 4.79 Å². The first-order valence-corrected chi connectivity index (χ1v) is 4.69. The van der Waals surface area contributed by atoms with Gasteiger partial charge < -0.3 is 11.1 Å². The van der Waals surface area contributed by atoms with Crippen LogP contribution >= 0.6 is 0 Å². The predicted molar refractivity (Wildman–Crippen MR) is 50.2 cm³/mol. The van der Waals surface area contributed by atoms with Crippen molar-refractivity contribution in [2.75, 3.05) is 12.3 Å². The van der Waals surface area contributed by atoms with Crippen molar-refractivity contribution in [2.24, 2.45) is 5.92 Å². The van der Waals surface area contributed by atoms with Gasteiger partial charge >= 0.3 is 0 Å². The highest BCUT2D eigenvalue weighted by molar-refractivity contribution is 5.80. The molecule has 6 heteroatoms. The van der Waals surface area contributed by atoms with Crippen LogP contribution < -0.4 is 11.1 Å². The molecule has 1 aromatic rings. The molecule has 0 spiro atoms. The standard InChI is InChI=1S/C8H13N5O/c9-7-5-13(12-11-7)4-2-6-1-3-10-8(6)14/h5-6H,1-4,9H2,(H,10,14). The molecule has 1 unspecified atom stereocenters. The maximum Gasteiger partial charge on any atom is 0.223 e. The largest absolute Gasteiger partial charge is 0.381 e. The number of carbonyl (C=O) groups excluding carboxylic acids is 1. The summed E-state index contributed by atoms with van der Waals surface area (Å²) >= 11 is 0. The average Bonchev–Trinajstić information content (AvgIpc) is 2.72. The van der Waals surface area contributed by atoms with E-state index in [1.54, 1.807) is 10.9 Å². The number of rotatable bonds is 3. The van der Waals surface area contributed by atoms with Crippen LogP contribution in [0.3, 0.4) is 0 Å². The molecule has 1 fully saturated rings. The Morgan fingerprint density at radius 3 is 3.14 bits per heavy atom. The lowest BCUT2D eigenvalue weighted by Crippen LogP contribution is -2.20. The molecule has 1 atom stereocenters. The molecule has 1 aliphatic rings. The minimum atomic E-state index is 0.125. The molecule has 76 valence electrons. The number of nitrogen functional groups attached to an aromatic ring is 1. The predicted octanol–water partition coefficient (Wildman–Crippen LogP) is -0.614. The van der Waals surface area contributed by atoms with Gasteiger partial charge in [-0.3, -0.25) is 9.48 Å². The summed E-state index contributed by atoms with van der Waals surface area (Å²) < 4.78 is 1.67. The van der Waals surface area contributed by atoms with E-state index in [0.29, 0.717) is 12.4 Å². The highest BCUT2D eigenvalue weighted by Gasteiger charge is 2.23. The van der Waals surface area contributed by atoms with Gasteiger partial charge in [0.25, 0.3) is 0 Å². The molecule has 2 rings (SSSR count). The molecule has 0 bridgehead atoms. The van der Waals surface area contributed by atoms with Gasteiger partial charge in [-0.2, -0.15) is 0 Å². The van der Waals surface area contributed by atoms with Gasteiger partial charge in [0, 0.05) is 19.0 Å². The van der Waals surface area contributed by atoms with Crippen molar-refractivity contribution >= 4 is 11.7 Å². The highest BCUT2D eigenvalue weighted by atomic mass is 16.2. The molecule has 1 aromatic heterocycles. The Balaban J connectivity index is 1.85. The van der Waals surface area contributed by atoms with E-state index < -0.39 is 0 Å². The van der Waals surface area contributed by atoms with Gasteiger partial charge in [-0.25, -0.2) is 0 Å². The van der Waals surface area contributed by atoms with Crippen molar-refractivity contribution in [2.45, 2.75) is 19.4 Å². The third-order valence-corrected chi connectivity index (χ3v) is 2.43. The van der Waals surface area contributed by atoms with E-state index in [1.165, 1.54) is 0 Å². The molecule has 3 N–H and O–H groups in total. The monoisotopic (exact) mass is 195 g/mol. The van der Waals surface area contributed by atoms with Gasteiger partial charge in [0.2, 0.25) is 5.91 Å². The van der Waals surface area contributed by atoms with Gasteiger partial charge in [-0.15, -0.1) is 5.10 Å². The summed E-state index contributed by atoms with van der Waals surface area (Å²) in [5.74, 6) is 0.694. The number of anilines is 1. The SMILES string of the molecule is Nc1cn(CCC2CCNC2=O)nn1. The lowest BCUT2D eigenvalue weighted by Gasteiger charge is -2.05. The van der Waals surface area contributed by atoms with Crippen LogP contribution in [0.1, 0.15) is 12.8 Å². The summed E-state index contributed by atoms with van der Waals surface area (Å²) in [6.45, 7) is 1.49. The summed E-state index contributed by atoms with van der Waals surface area (Å²) in [4.78, 5) is 11.2. The molecule has 2 heterocycles. The van der Waals surface area contributed by atoms with Crippen molar-refractivity contribution in [3.8, 4) is 0 Å². The average molecular weight is 195 g/mol. The second-order valence-corrected chi connectivity index (χ2v) is 3.47. The summed E-state index contributed by atoms with van der Waals surface area (Å²) in [6.07, 6.45) is 3.39. The van der Waals surface area contributed by atoms with E-state index in [2.05, 4.69) is 15.6 Å². The Bertz CT molecular complexity index is 334. The third-order valence-electron chi connectivity index (χ3n) is 2.43. The minimum Gasteiger partial charge on any atom is -0.381 e. The van der Waals surface area contributed by atoms with Gasteiger partial charge in [0.1, 0.15) is 0 Å². The highest BCUT2D eigenvalue weighted by Crippen LogP contribution is 2.14. The van der Waals surface area contributed by atoms with Gasteiger partial charge in [-0.1, -0.05) is 5.21 Å². The number of aromatic nitrogens is 3. The van der Waals surface area contributed by atoms with E-state index in [1.807, 2.05) is 0 Å². The Morgan fingerprint density at radius 1 is 1.71 bits per heavy atom. The molecule has 6 nitrogen and oxygen atoms in total. The quantitative estimate of drug-likeness (QED) is 0.673. The van der Waals surface area contributed by atoms with E-state index in [4.69, 9.17) is 5.73 Å². The first kappa shape index (κ1) is 8.98. The zero-order valence-electron chi connectivity index (χ0n) is 7.81. The summed E-state index contributed by atoms with van der Waals surface area (Å²) in [5, 5.41) is 10.3. The van der Waals surface area contributed by atoms with Gasteiger partial charge in [0.05, 0.1) is 6.20 Å². The maximum atomic E-state index is 11.2. The second-order valence-electron chi connectivity index (χ2n) is 3.47. The van der Waals surface area contributed by atoms with Crippen LogP contribution in [-0.2, 0) is 11.3 Å². The van der Waals surface area contributed by atoms with E-state index in [-0.39, 0.29) is 11.8 Å². The Kier molecular flexibility index (Phi) is 2.34. The van der Waals surface area contributed by atoms with Crippen LogP contribution in [0.4, 0.5) is 5.82 Å². The normalized spacial score (nSPS) is 21.1. The zero-order valence-corrected chi connectivity index (χ0v) is 7.81. The smallest absolute Gasteiger partial charge is 0.223 e. The van der Waals surface area contributed by atoms with Gasteiger partial charge in [-0.05, 0) is 12.8 Å². The molecular formula is C8H13N5O. The lowest BCUT2D eigenvalue weighted by atomic mass is 10.0. The molecule has 0 aliphatic carbocycles. The number of nitrogens with one attached hydrogen (secondary N) is 1. The number of nitrogens with zero attached hydrogens (tertiary/aromatic N) is 3. The summed E-state index contributed by atoms with van der Waals surface area (Å²) in [6, 6.07) is 0. The number of hydrogen-bond donors (Lipinski definition) is 2. The fraction of sp³-hybridized carbons (Fsp3) is 0.625. The summed E-state index contributed by atoms with van der Waals surface area (Å²) in [7, 11) is 0. The van der Waals surface area contributed by atoms with Crippen LogP contribution in [0.2, 0.25) is 0 Å².